The van der Waals surface area contributed by atoms with Crippen LogP contribution in [0, 0.1) is 0 Å². The molecular formula is C20H19ClN2O2S. The van der Waals surface area contributed by atoms with Gasteiger partial charge in [0.15, 0.2) is 0 Å². The van der Waals surface area contributed by atoms with Crippen LogP contribution in [0.25, 0.3) is 0 Å². The van der Waals surface area contributed by atoms with E-state index in [0.717, 1.165) is 27.7 Å². The van der Waals surface area contributed by atoms with E-state index < -0.39 is 0 Å². The van der Waals surface area contributed by atoms with Crippen molar-refractivity contribution in [1.82, 2.24) is 9.88 Å². The molecule has 0 spiro atoms. The van der Waals surface area contributed by atoms with Crippen LogP contribution in [0.2, 0.25) is 5.02 Å². The van der Waals surface area contributed by atoms with Crippen molar-refractivity contribution in [3.8, 4) is 0 Å². The normalized spacial score (nSPS) is 10.7. The molecule has 0 radical (unpaired) electrons. The average molecular weight is 387 g/mol. The molecule has 0 bridgehead atoms. The van der Waals surface area contributed by atoms with E-state index >= 15 is 0 Å². The summed E-state index contributed by atoms with van der Waals surface area (Å²) in [6.45, 7) is 0.955. The summed E-state index contributed by atoms with van der Waals surface area (Å²) in [7, 11) is 0. The molecule has 0 N–H and O–H groups in total. The number of pyridine rings is 1. The van der Waals surface area contributed by atoms with Gasteiger partial charge in [0.2, 0.25) is 5.91 Å². The molecule has 134 valence electrons. The Morgan fingerprint density at radius 1 is 1.08 bits per heavy atom. The molecule has 3 aromatic rings. The maximum absolute atomic E-state index is 12.7. The molecule has 0 saturated heterocycles. The molecule has 0 unspecified atom stereocenters. The van der Waals surface area contributed by atoms with Gasteiger partial charge in [0, 0.05) is 29.7 Å². The predicted octanol–water partition coefficient (Wildman–Crippen LogP) is 4.79. The maximum atomic E-state index is 12.7. The monoisotopic (exact) mass is 386 g/mol. The van der Waals surface area contributed by atoms with Gasteiger partial charge in [0.25, 0.3) is 0 Å². The number of furan rings is 1. The Hall–Kier alpha value is -2.24. The molecule has 0 aliphatic heterocycles. The number of thioether (sulfide) groups is 1. The third-order valence-electron chi connectivity index (χ3n) is 3.78. The fourth-order valence-corrected chi connectivity index (χ4v) is 3.48. The maximum Gasteiger partial charge on any atom is 0.233 e. The van der Waals surface area contributed by atoms with Crippen molar-refractivity contribution in [3.63, 3.8) is 0 Å². The fraction of sp³-hybridized carbons (Fsp3) is 0.200. The van der Waals surface area contributed by atoms with E-state index in [1.54, 1.807) is 35.3 Å². The van der Waals surface area contributed by atoms with Crippen LogP contribution in [0.3, 0.4) is 0 Å². The number of amides is 1. The quantitative estimate of drug-likeness (QED) is 0.558. The lowest BCUT2D eigenvalue weighted by atomic mass is 10.2. The Morgan fingerprint density at radius 2 is 1.92 bits per heavy atom. The van der Waals surface area contributed by atoms with Crippen LogP contribution in [0.5, 0.6) is 0 Å². The first-order valence-corrected chi connectivity index (χ1v) is 9.75. The van der Waals surface area contributed by atoms with Crippen LogP contribution in [0.15, 0.2) is 71.6 Å². The summed E-state index contributed by atoms with van der Waals surface area (Å²) in [4.78, 5) is 18.7. The minimum atomic E-state index is 0.0733. The van der Waals surface area contributed by atoms with Gasteiger partial charge in [0.1, 0.15) is 5.76 Å². The second-order valence-electron chi connectivity index (χ2n) is 5.81. The van der Waals surface area contributed by atoms with Crippen LogP contribution in [-0.2, 0) is 23.6 Å². The largest absolute Gasteiger partial charge is 0.467 e. The van der Waals surface area contributed by atoms with Crippen LogP contribution in [0.1, 0.15) is 16.9 Å². The summed E-state index contributed by atoms with van der Waals surface area (Å²) < 4.78 is 5.41. The minimum Gasteiger partial charge on any atom is -0.467 e. The number of carbonyl (C=O) groups excluding carboxylic acids is 1. The predicted molar refractivity (Wildman–Crippen MR) is 105 cm³/mol. The van der Waals surface area contributed by atoms with Crippen molar-refractivity contribution in [2.75, 3.05) is 5.75 Å². The van der Waals surface area contributed by atoms with Gasteiger partial charge >= 0.3 is 0 Å². The highest BCUT2D eigenvalue weighted by Crippen LogP contribution is 2.17. The van der Waals surface area contributed by atoms with E-state index in [9.17, 15) is 4.79 Å². The topological polar surface area (TPSA) is 46.3 Å². The molecule has 4 nitrogen and oxygen atoms in total. The van der Waals surface area contributed by atoms with Crippen LogP contribution in [0.4, 0.5) is 0 Å². The first-order valence-electron chi connectivity index (χ1n) is 8.22. The number of nitrogens with zero attached hydrogens (tertiary/aromatic N) is 2. The van der Waals surface area contributed by atoms with Gasteiger partial charge in [0.05, 0.1) is 18.6 Å². The number of benzene rings is 1. The zero-order chi connectivity index (χ0) is 18.2. The van der Waals surface area contributed by atoms with Gasteiger partial charge < -0.3 is 9.32 Å². The Morgan fingerprint density at radius 3 is 2.62 bits per heavy atom. The molecule has 0 fully saturated rings. The molecule has 26 heavy (non-hydrogen) atoms. The highest BCUT2D eigenvalue weighted by atomic mass is 35.5. The van der Waals surface area contributed by atoms with E-state index in [-0.39, 0.29) is 5.91 Å². The van der Waals surface area contributed by atoms with E-state index in [0.29, 0.717) is 18.8 Å². The number of rotatable bonds is 8. The Kier molecular flexibility index (Phi) is 6.75. The van der Waals surface area contributed by atoms with E-state index in [1.807, 2.05) is 48.5 Å². The molecule has 0 atom stereocenters. The molecule has 0 aliphatic rings. The fourth-order valence-electron chi connectivity index (χ4n) is 2.46. The lowest BCUT2D eigenvalue weighted by Gasteiger charge is -2.21. The van der Waals surface area contributed by atoms with Crippen molar-refractivity contribution < 1.29 is 9.21 Å². The average Bonchev–Trinajstić information content (AvgIpc) is 3.17. The number of carbonyl (C=O) groups is 1. The molecular weight excluding hydrogens is 368 g/mol. The van der Waals surface area contributed by atoms with Crippen molar-refractivity contribution in [2.24, 2.45) is 0 Å². The summed E-state index contributed by atoms with van der Waals surface area (Å²) >= 11 is 7.49. The standard InChI is InChI=1S/C20H19ClN2O2S/c21-18-7-5-16(6-8-18)14-26-15-20(24)23(13-19-4-2-10-25-19)12-17-3-1-9-22-11-17/h1-11H,12-15H2. The van der Waals surface area contributed by atoms with E-state index in [1.165, 1.54) is 0 Å². The van der Waals surface area contributed by atoms with E-state index in [2.05, 4.69) is 4.98 Å². The third-order valence-corrected chi connectivity index (χ3v) is 5.02. The first kappa shape index (κ1) is 18.5. The minimum absolute atomic E-state index is 0.0733. The summed E-state index contributed by atoms with van der Waals surface area (Å²) in [6.07, 6.45) is 5.13. The molecule has 0 aliphatic carbocycles. The summed E-state index contributed by atoms with van der Waals surface area (Å²) in [5, 5.41) is 0.718. The van der Waals surface area contributed by atoms with Crippen LogP contribution in [-0.4, -0.2) is 21.5 Å². The number of halogens is 1. The molecule has 0 saturated carbocycles. The highest BCUT2D eigenvalue weighted by molar-refractivity contribution is 7.99. The molecule has 1 aromatic carbocycles. The lowest BCUT2D eigenvalue weighted by molar-refractivity contribution is -0.129. The second-order valence-corrected chi connectivity index (χ2v) is 7.23. The smallest absolute Gasteiger partial charge is 0.233 e. The Balaban J connectivity index is 1.59. The summed E-state index contributed by atoms with van der Waals surface area (Å²) in [6, 6.07) is 15.3. The SMILES string of the molecule is O=C(CSCc1ccc(Cl)cc1)N(Cc1cccnc1)Cc1ccco1. The van der Waals surface area contributed by atoms with Crippen LogP contribution >= 0.6 is 23.4 Å². The van der Waals surface area contributed by atoms with Gasteiger partial charge in [-0.2, -0.15) is 0 Å². The van der Waals surface area contributed by atoms with Gasteiger partial charge in [-0.1, -0.05) is 29.8 Å². The van der Waals surface area contributed by atoms with Crippen molar-refractivity contribution >= 4 is 29.3 Å². The molecule has 6 heteroatoms. The Bertz CT molecular complexity index is 808. The number of aromatic nitrogens is 1. The number of hydrogen-bond acceptors (Lipinski definition) is 4. The zero-order valence-corrected chi connectivity index (χ0v) is 15.7. The molecule has 1 amide bonds. The van der Waals surface area contributed by atoms with Gasteiger partial charge in [-0.3, -0.25) is 9.78 Å². The van der Waals surface area contributed by atoms with Crippen molar-refractivity contribution in [1.29, 1.82) is 0 Å². The second kappa shape index (κ2) is 9.46. The molecule has 3 rings (SSSR count). The first-order chi connectivity index (χ1) is 12.7. The summed E-state index contributed by atoms with van der Waals surface area (Å²) in [5.74, 6) is 2.02. The third kappa shape index (κ3) is 5.64. The highest BCUT2D eigenvalue weighted by Gasteiger charge is 2.16. The van der Waals surface area contributed by atoms with Gasteiger partial charge in [-0.15, -0.1) is 11.8 Å². The van der Waals surface area contributed by atoms with Gasteiger partial charge in [-0.25, -0.2) is 0 Å². The molecule has 2 heterocycles. The lowest BCUT2D eigenvalue weighted by Crippen LogP contribution is -2.31. The molecule has 2 aromatic heterocycles. The van der Waals surface area contributed by atoms with Crippen LogP contribution < -0.4 is 0 Å². The summed E-state index contributed by atoms with van der Waals surface area (Å²) in [5.41, 5.74) is 2.15. The zero-order valence-electron chi connectivity index (χ0n) is 14.2. The van der Waals surface area contributed by atoms with Crippen molar-refractivity contribution in [3.05, 3.63) is 89.1 Å². The van der Waals surface area contributed by atoms with Gasteiger partial charge in [-0.05, 0) is 41.5 Å². The number of hydrogen-bond donors (Lipinski definition) is 0. The Labute approximate surface area is 162 Å². The van der Waals surface area contributed by atoms with Crippen molar-refractivity contribution in [2.45, 2.75) is 18.8 Å². The van der Waals surface area contributed by atoms with E-state index in [4.69, 9.17) is 16.0 Å².